The average Bonchev–Trinajstić information content (AvgIpc) is 2.85. The van der Waals surface area contributed by atoms with Crippen LogP contribution in [-0.4, -0.2) is 32.7 Å². The van der Waals surface area contributed by atoms with Crippen molar-refractivity contribution in [3.8, 4) is 0 Å². The van der Waals surface area contributed by atoms with Gasteiger partial charge in [-0.1, -0.05) is 0 Å². The number of nitrogens with one attached hydrogen (secondary N) is 2. The first-order valence-corrected chi connectivity index (χ1v) is 7.52. The lowest BCUT2D eigenvalue weighted by Gasteiger charge is -2.20. The number of methoxy groups -OCH3 is 1. The highest BCUT2D eigenvalue weighted by Gasteiger charge is 2.32. The molecule has 0 aliphatic heterocycles. The zero-order chi connectivity index (χ0) is 13.9. The van der Waals surface area contributed by atoms with Crippen LogP contribution in [-0.2, 0) is 14.8 Å². The number of nitrogens with zero attached hydrogens (tertiary/aromatic N) is 1. The number of rotatable bonds is 5. The minimum atomic E-state index is -3.66. The second kappa shape index (κ2) is 5.83. The number of hydrogen-bond acceptors (Lipinski definition) is 6. The third-order valence-electron chi connectivity index (χ3n) is 3.29. The lowest BCUT2D eigenvalue weighted by Crippen LogP contribution is -2.40. The molecule has 2 unspecified atom stereocenters. The van der Waals surface area contributed by atoms with E-state index < -0.39 is 10.0 Å². The molecule has 1 aromatic heterocycles. The largest absolute Gasteiger partial charge is 0.380 e. The maximum Gasteiger partial charge on any atom is 0.244 e. The van der Waals surface area contributed by atoms with E-state index in [9.17, 15) is 8.42 Å². The molecule has 4 N–H and O–H groups in total. The Bertz CT molecular complexity index is 534. The molecule has 0 spiro atoms. The van der Waals surface area contributed by atoms with Crippen molar-refractivity contribution in [2.24, 2.45) is 5.84 Å². The number of nitrogen functional groups attached to an aromatic ring is 1. The van der Waals surface area contributed by atoms with Gasteiger partial charge in [-0.25, -0.2) is 13.1 Å². The van der Waals surface area contributed by atoms with Crippen molar-refractivity contribution in [3.63, 3.8) is 0 Å². The van der Waals surface area contributed by atoms with E-state index in [4.69, 9.17) is 10.6 Å². The molecule has 0 radical (unpaired) electrons. The van der Waals surface area contributed by atoms with Gasteiger partial charge in [0.25, 0.3) is 0 Å². The molecule has 2 atom stereocenters. The van der Waals surface area contributed by atoms with Crippen LogP contribution in [0.2, 0.25) is 0 Å². The predicted molar refractivity (Wildman–Crippen MR) is 70.8 cm³/mol. The number of pyridine rings is 1. The summed E-state index contributed by atoms with van der Waals surface area (Å²) in [4.78, 5) is 3.87. The van der Waals surface area contributed by atoms with Gasteiger partial charge in [-0.3, -0.25) is 10.8 Å². The van der Waals surface area contributed by atoms with Crippen LogP contribution in [0.15, 0.2) is 23.4 Å². The van der Waals surface area contributed by atoms with E-state index in [0.29, 0.717) is 5.69 Å². The third kappa shape index (κ3) is 3.03. The normalized spacial score (nSPS) is 23.5. The van der Waals surface area contributed by atoms with Crippen LogP contribution in [0.3, 0.4) is 0 Å². The Hall–Kier alpha value is -1.22. The van der Waals surface area contributed by atoms with Crippen LogP contribution >= 0.6 is 0 Å². The fourth-order valence-electron chi connectivity index (χ4n) is 2.32. The minimum Gasteiger partial charge on any atom is -0.380 e. The number of hydrogen-bond donors (Lipinski definition) is 3. The first kappa shape index (κ1) is 14.2. The van der Waals surface area contributed by atoms with Crippen LogP contribution < -0.4 is 16.0 Å². The molecule has 19 heavy (non-hydrogen) atoms. The highest BCUT2D eigenvalue weighted by molar-refractivity contribution is 7.89. The van der Waals surface area contributed by atoms with Gasteiger partial charge < -0.3 is 10.2 Å². The summed E-state index contributed by atoms with van der Waals surface area (Å²) >= 11 is 0. The molecule has 106 valence electrons. The molecular formula is C11H18N4O3S. The predicted octanol–water partition coefficient (Wildman–Crippen LogP) is 0.213. The van der Waals surface area contributed by atoms with E-state index in [-0.39, 0.29) is 17.0 Å². The Kier molecular flexibility index (Phi) is 4.35. The van der Waals surface area contributed by atoms with Crippen LogP contribution in [0.5, 0.6) is 0 Å². The molecule has 1 aromatic rings. The number of ether oxygens (including phenoxy) is 1. The van der Waals surface area contributed by atoms with Crippen molar-refractivity contribution in [2.45, 2.75) is 36.3 Å². The van der Waals surface area contributed by atoms with Gasteiger partial charge in [-0.2, -0.15) is 0 Å². The fraction of sp³-hybridized carbons (Fsp3) is 0.545. The van der Waals surface area contributed by atoms with Crippen LogP contribution in [0.1, 0.15) is 19.3 Å². The summed E-state index contributed by atoms with van der Waals surface area (Å²) < 4.78 is 32.6. The number of hydrazine groups is 1. The molecule has 0 aromatic carbocycles. The van der Waals surface area contributed by atoms with E-state index in [1.165, 1.54) is 18.5 Å². The van der Waals surface area contributed by atoms with Gasteiger partial charge in [-0.05, 0) is 25.3 Å². The number of aromatic nitrogens is 1. The summed E-state index contributed by atoms with van der Waals surface area (Å²) in [6.45, 7) is 0. The molecule has 1 aliphatic rings. The molecule has 0 bridgehead atoms. The van der Waals surface area contributed by atoms with Crippen LogP contribution in [0.25, 0.3) is 0 Å². The lowest BCUT2D eigenvalue weighted by atomic mass is 10.2. The Morgan fingerprint density at radius 2 is 2.26 bits per heavy atom. The monoisotopic (exact) mass is 286 g/mol. The standard InChI is InChI=1S/C11H18N4O3S/c1-18-10-4-2-3-8(10)15-19(16,17)11-7-13-6-5-9(11)14-12/h5-8,10,15H,2-4,12H2,1H3,(H,13,14). The molecule has 2 rings (SSSR count). The minimum absolute atomic E-state index is 0.0410. The Balaban J connectivity index is 2.23. The second-order valence-corrected chi connectivity index (χ2v) is 6.13. The van der Waals surface area contributed by atoms with Gasteiger partial charge in [-0.15, -0.1) is 0 Å². The third-order valence-corrected chi connectivity index (χ3v) is 4.81. The topological polar surface area (TPSA) is 106 Å². The van der Waals surface area contributed by atoms with Crippen LogP contribution in [0, 0.1) is 0 Å². The Labute approximate surface area is 112 Å². The zero-order valence-electron chi connectivity index (χ0n) is 10.7. The highest BCUT2D eigenvalue weighted by Crippen LogP contribution is 2.25. The first-order chi connectivity index (χ1) is 9.08. The molecule has 8 heteroatoms. The molecule has 1 fully saturated rings. The van der Waals surface area contributed by atoms with Crippen molar-refractivity contribution in [3.05, 3.63) is 18.5 Å². The summed E-state index contributed by atoms with van der Waals surface area (Å²) in [5, 5.41) is 0. The lowest BCUT2D eigenvalue weighted by molar-refractivity contribution is 0.0916. The summed E-state index contributed by atoms with van der Waals surface area (Å²) in [6.07, 6.45) is 5.24. The van der Waals surface area contributed by atoms with Gasteiger partial charge >= 0.3 is 0 Å². The second-order valence-electron chi connectivity index (χ2n) is 4.45. The number of nitrogens with two attached hydrogens (primary N) is 1. The molecule has 1 heterocycles. The average molecular weight is 286 g/mol. The van der Waals surface area contributed by atoms with E-state index >= 15 is 0 Å². The van der Waals surface area contributed by atoms with Gasteiger partial charge in [0, 0.05) is 25.5 Å². The van der Waals surface area contributed by atoms with Crippen LogP contribution in [0.4, 0.5) is 5.69 Å². The smallest absolute Gasteiger partial charge is 0.244 e. The maximum absolute atomic E-state index is 12.3. The van der Waals surface area contributed by atoms with Gasteiger partial charge in [0.05, 0.1) is 11.8 Å². The molecule has 1 saturated carbocycles. The zero-order valence-corrected chi connectivity index (χ0v) is 11.5. The molecule has 0 amide bonds. The molecule has 0 saturated heterocycles. The number of anilines is 1. The first-order valence-electron chi connectivity index (χ1n) is 6.04. The summed E-state index contributed by atoms with van der Waals surface area (Å²) in [6, 6.07) is 1.30. The van der Waals surface area contributed by atoms with Crippen molar-refractivity contribution in [1.29, 1.82) is 0 Å². The van der Waals surface area contributed by atoms with Gasteiger partial charge in [0.2, 0.25) is 10.0 Å². The number of sulfonamides is 1. The molecular weight excluding hydrogens is 268 g/mol. The Morgan fingerprint density at radius 1 is 1.47 bits per heavy atom. The van der Waals surface area contributed by atoms with E-state index in [1.54, 1.807) is 7.11 Å². The van der Waals surface area contributed by atoms with Gasteiger partial charge in [0.1, 0.15) is 4.90 Å². The Morgan fingerprint density at radius 3 is 2.95 bits per heavy atom. The van der Waals surface area contributed by atoms with E-state index in [1.807, 2.05) is 0 Å². The van der Waals surface area contributed by atoms with Crippen molar-refractivity contribution in [2.75, 3.05) is 12.5 Å². The fourth-order valence-corrected chi connectivity index (χ4v) is 3.73. The van der Waals surface area contributed by atoms with Crippen molar-refractivity contribution in [1.82, 2.24) is 9.71 Å². The summed E-state index contributed by atoms with van der Waals surface area (Å²) in [7, 11) is -2.07. The maximum atomic E-state index is 12.3. The van der Waals surface area contributed by atoms with E-state index in [0.717, 1.165) is 19.3 Å². The van der Waals surface area contributed by atoms with Gasteiger partial charge in [0.15, 0.2) is 0 Å². The van der Waals surface area contributed by atoms with E-state index in [2.05, 4.69) is 15.1 Å². The quantitative estimate of drug-likeness (QED) is 0.528. The SMILES string of the molecule is COC1CCCC1NS(=O)(=O)c1cnccc1NN. The highest BCUT2D eigenvalue weighted by atomic mass is 32.2. The summed E-state index contributed by atoms with van der Waals surface area (Å²) in [5.74, 6) is 5.31. The molecule has 7 nitrogen and oxygen atoms in total. The molecule has 1 aliphatic carbocycles. The van der Waals surface area contributed by atoms with Crippen molar-refractivity contribution >= 4 is 15.7 Å². The van der Waals surface area contributed by atoms with Crippen molar-refractivity contribution < 1.29 is 13.2 Å². The summed E-state index contributed by atoms with van der Waals surface area (Å²) in [5.41, 5.74) is 2.68.